The number of aromatic nitrogens is 3. The topological polar surface area (TPSA) is 98.6 Å². The molecule has 0 aliphatic carbocycles. The molecule has 0 saturated carbocycles. The molecule has 0 bridgehead atoms. The number of para-hydroxylation sites is 1. The van der Waals surface area contributed by atoms with Crippen molar-refractivity contribution < 1.29 is 19.1 Å². The van der Waals surface area contributed by atoms with Crippen LogP contribution in [0.2, 0.25) is 0 Å². The van der Waals surface area contributed by atoms with E-state index in [4.69, 9.17) is 9.47 Å². The fourth-order valence-corrected chi connectivity index (χ4v) is 4.09. The molecular weight excluding hydrogens is 470 g/mol. The molecule has 3 aromatic carbocycles. The predicted octanol–water partition coefficient (Wildman–Crippen LogP) is 4.14. The van der Waals surface area contributed by atoms with Crippen molar-refractivity contribution in [1.82, 2.24) is 20.3 Å². The largest absolute Gasteiger partial charge is 0.497 e. The van der Waals surface area contributed by atoms with E-state index in [1.165, 1.54) is 4.90 Å². The summed E-state index contributed by atoms with van der Waals surface area (Å²) in [5.41, 5.74) is 2.02. The molecule has 0 aliphatic heterocycles. The number of anilines is 1. The van der Waals surface area contributed by atoms with Crippen molar-refractivity contribution in [2.75, 3.05) is 19.1 Å². The third-order valence-electron chi connectivity index (χ3n) is 5.74. The number of rotatable bonds is 8. The zero-order valence-electron chi connectivity index (χ0n) is 21.6. The Balaban J connectivity index is 1.83. The standard InChI is InChI=1S/C28H31N5O4/c1-28(2,3)29-27(35)26(19-9-8-10-22(17-19)37-5)33(20-13-15-21(36-4)16-14-20)25(34)18-32-24-12-7-6-11-23(24)30-31-32/h6-17,26H,18H2,1-5H3,(H,29,35). The fourth-order valence-electron chi connectivity index (χ4n) is 4.09. The first-order chi connectivity index (χ1) is 17.7. The summed E-state index contributed by atoms with van der Waals surface area (Å²) < 4.78 is 12.3. The van der Waals surface area contributed by atoms with E-state index in [0.29, 0.717) is 28.3 Å². The summed E-state index contributed by atoms with van der Waals surface area (Å²) in [6.07, 6.45) is 0. The SMILES string of the molecule is COc1ccc(N(C(=O)Cn2nnc3ccccc32)C(C(=O)NC(C)(C)C)c2cccc(OC)c2)cc1. The van der Waals surface area contributed by atoms with Crippen LogP contribution in [0.1, 0.15) is 32.4 Å². The van der Waals surface area contributed by atoms with Crippen LogP contribution in [-0.4, -0.2) is 46.6 Å². The summed E-state index contributed by atoms with van der Waals surface area (Å²) in [6.45, 7) is 5.58. The second-order valence-electron chi connectivity index (χ2n) is 9.62. The summed E-state index contributed by atoms with van der Waals surface area (Å²) in [6, 6.07) is 20.6. The number of carbonyl (C=O) groups excluding carboxylic acids is 2. The van der Waals surface area contributed by atoms with Crippen LogP contribution in [0.4, 0.5) is 5.69 Å². The van der Waals surface area contributed by atoms with Gasteiger partial charge in [-0.2, -0.15) is 0 Å². The summed E-state index contributed by atoms with van der Waals surface area (Å²) in [5, 5.41) is 11.4. The quantitative estimate of drug-likeness (QED) is 0.390. The summed E-state index contributed by atoms with van der Waals surface area (Å²) in [7, 11) is 3.13. The van der Waals surface area contributed by atoms with E-state index in [0.717, 1.165) is 5.52 Å². The molecule has 192 valence electrons. The highest BCUT2D eigenvalue weighted by Gasteiger charge is 2.35. The molecule has 1 atom stereocenters. The number of benzene rings is 3. The van der Waals surface area contributed by atoms with Crippen LogP contribution in [0, 0.1) is 0 Å². The first-order valence-corrected chi connectivity index (χ1v) is 11.9. The van der Waals surface area contributed by atoms with Crippen molar-refractivity contribution in [1.29, 1.82) is 0 Å². The van der Waals surface area contributed by atoms with Gasteiger partial charge in [0.05, 0.1) is 19.7 Å². The van der Waals surface area contributed by atoms with Crippen molar-refractivity contribution in [3.63, 3.8) is 0 Å². The molecule has 0 radical (unpaired) electrons. The van der Waals surface area contributed by atoms with E-state index in [9.17, 15) is 9.59 Å². The molecule has 9 heteroatoms. The molecular formula is C28H31N5O4. The predicted molar refractivity (Wildman–Crippen MR) is 142 cm³/mol. The number of amides is 2. The number of hydrogen-bond donors (Lipinski definition) is 1. The molecule has 4 rings (SSSR count). The van der Waals surface area contributed by atoms with Gasteiger partial charge in [-0.05, 0) is 74.9 Å². The Morgan fingerprint density at radius 2 is 1.65 bits per heavy atom. The Morgan fingerprint density at radius 3 is 2.32 bits per heavy atom. The van der Waals surface area contributed by atoms with Gasteiger partial charge in [-0.3, -0.25) is 14.5 Å². The fraction of sp³-hybridized carbons (Fsp3) is 0.286. The average Bonchev–Trinajstić information content (AvgIpc) is 3.28. The Kier molecular flexibility index (Phi) is 7.42. The van der Waals surface area contributed by atoms with E-state index in [1.807, 2.05) is 51.1 Å². The zero-order valence-corrected chi connectivity index (χ0v) is 21.6. The summed E-state index contributed by atoms with van der Waals surface area (Å²) in [4.78, 5) is 29.3. The number of carbonyl (C=O) groups is 2. The maximum Gasteiger partial charge on any atom is 0.249 e. The minimum absolute atomic E-state index is 0.115. The molecule has 1 heterocycles. The van der Waals surface area contributed by atoms with Crippen molar-refractivity contribution in [2.45, 2.75) is 38.9 Å². The number of methoxy groups -OCH3 is 2. The molecule has 4 aromatic rings. The van der Waals surface area contributed by atoms with Gasteiger partial charge < -0.3 is 14.8 Å². The van der Waals surface area contributed by atoms with Gasteiger partial charge in [-0.15, -0.1) is 5.10 Å². The van der Waals surface area contributed by atoms with E-state index in [-0.39, 0.29) is 18.4 Å². The number of fused-ring (bicyclic) bond motifs is 1. The number of hydrogen-bond acceptors (Lipinski definition) is 6. The van der Waals surface area contributed by atoms with Crippen molar-refractivity contribution >= 4 is 28.5 Å². The third kappa shape index (κ3) is 5.88. The molecule has 2 amide bonds. The first kappa shape index (κ1) is 25.7. The molecule has 1 aromatic heterocycles. The maximum absolute atomic E-state index is 14.0. The molecule has 1 N–H and O–H groups in total. The molecule has 37 heavy (non-hydrogen) atoms. The highest BCUT2D eigenvalue weighted by molar-refractivity contribution is 6.01. The maximum atomic E-state index is 14.0. The lowest BCUT2D eigenvalue weighted by atomic mass is 10.0. The van der Waals surface area contributed by atoms with Gasteiger partial charge in [-0.25, -0.2) is 4.68 Å². The van der Waals surface area contributed by atoms with Crippen LogP contribution in [0.3, 0.4) is 0 Å². The summed E-state index contributed by atoms with van der Waals surface area (Å²) in [5.74, 6) is 0.553. The van der Waals surface area contributed by atoms with Crippen LogP contribution in [0.5, 0.6) is 11.5 Å². The number of nitrogens with one attached hydrogen (secondary N) is 1. The molecule has 0 fully saturated rings. The molecule has 0 spiro atoms. The second-order valence-corrected chi connectivity index (χ2v) is 9.62. The number of ether oxygens (including phenoxy) is 2. The zero-order chi connectivity index (χ0) is 26.6. The molecule has 0 saturated heterocycles. The van der Waals surface area contributed by atoms with Crippen molar-refractivity contribution in [3.05, 3.63) is 78.4 Å². The smallest absolute Gasteiger partial charge is 0.249 e. The van der Waals surface area contributed by atoms with Gasteiger partial charge in [0.1, 0.15) is 29.6 Å². The molecule has 1 unspecified atom stereocenters. The first-order valence-electron chi connectivity index (χ1n) is 11.9. The minimum atomic E-state index is -0.981. The van der Waals surface area contributed by atoms with Gasteiger partial charge in [-0.1, -0.05) is 29.5 Å². The van der Waals surface area contributed by atoms with Crippen LogP contribution in [0.15, 0.2) is 72.8 Å². The van der Waals surface area contributed by atoms with Gasteiger partial charge in [0.25, 0.3) is 0 Å². The number of nitrogens with zero attached hydrogens (tertiary/aromatic N) is 4. The van der Waals surface area contributed by atoms with Gasteiger partial charge in [0.15, 0.2) is 0 Å². The average molecular weight is 502 g/mol. The lowest BCUT2D eigenvalue weighted by molar-refractivity contribution is -0.128. The van der Waals surface area contributed by atoms with Gasteiger partial charge in [0, 0.05) is 11.2 Å². The Bertz CT molecular complexity index is 1390. The van der Waals surface area contributed by atoms with E-state index in [1.54, 1.807) is 61.4 Å². The van der Waals surface area contributed by atoms with E-state index < -0.39 is 11.6 Å². The van der Waals surface area contributed by atoms with E-state index >= 15 is 0 Å². The Hall–Kier alpha value is -4.40. The van der Waals surface area contributed by atoms with E-state index in [2.05, 4.69) is 15.6 Å². The summed E-state index contributed by atoms with van der Waals surface area (Å²) >= 11 is 0. The highest BCUT2D eigenvalue weighted by atomic mass is 16.5. The van der Waals surface area contributed by atoms with Crippen molar-refractivity contribution in [2.24, 2.45) is 0 Å². The lowest BCUT2D eigenvalue weighted by Crippen LogP contribution is -2.50. The van der Waals surface area contributed by atoms with Gasteiger partial charge in [0.2, 0.25) is 11.8 Å². The van der Waals surface area contributed by atoms with Crippen LogP contribution in [-0.2, 0) is 16.1 Å². The van der Waals surface area contributed by atoms with Gasteiger partial charge >= 0.3 is 0 Å². The Morgan fingerprint density at radius 1 is 0.946 bits per heavy atom. The van der Waals surface area contributed by atoms with Crippen LogP contribution in [0.25, 0.3) is 11.0 Å². The molecule has 0 aliphatic rings. The van der Waals surface area contributed by atoms with Crippen LogP contribution < -0.4 is 19.7 Å². The normalized spacial score (nSPS) is 12.1. The lowest BCUT2D eigenvalue weighted by Gasteiger charge is -2.34. The van der Waals surface area contributed by atoms with Crippen molar-refractivity contribution in [3.8, 4) is 11.5 Å². The monoisotopic (exact) mass is 501 g/mol. The Labute approximate surface area is 216 Å². The second kappa shape index (κ2) is 10.7. The third-order valence-corrected chi connectivity index (χ3v) is 5.74. The minimum Gasteiger partial charge on any atom is -0.497 e. The highest BCUT2D eigenvalue weighted by Crippen LogP contribution is 2.32. The molecule has 9 nitrogen and oxygen atoms in total. The van der Waals surface area contributed by atoms with Crippen LogP contribution >= 0.6 is 0 Å².